The van der Waals surface area contributed by atoms with Gasteiger partial charge < -0.3 is 9.80 Å². The molecule has 6 aliphatic carbocycles. The van der Waals surface area contributed by atoms with Crippen LogP contribution in [-0.2, 0) is 10.8 Å². The Balaban J connectivity index is 1.06. The molecule has 4 heterocycles. The number of hydrogen-bond donors (Lipinski definition) is 0. The molecule has 330 valence electrons. The van der Waals surface area contributed by atoms with Gasteiger partial charge in [0.15, 0.2) is 0 Å². The van der Waals surface area contributed by atoms with Crippen molar-refractivity contribution in [1.29, 1.82) is 0 Å². The van der Waals surface area contributed by atoms with Crippen LogP contribution in [0.4, 0.5) is 22.7 Å². The largest absolute Gasteiger partial charge is 0.335 e. The number of fused-ring (bicyclic) bond motifs is 20. The zero-order valence-electron chi connectivity index (χ0n) is 39.7. The molecule has 0 saturated heterocycles. The lowest BCUT2D eigenvalue weighted by molar-refractivity contribution is -0.0768. The molecule has 0 N–H and O–H groups in total. The quantitative estimate of drug-likeness (QED) is 0.163. The second kappa shape index (κ2) is 13.3. The maximum absolute atomic E-state index is 3.14. The van der Waals surface area contributed by atoms with Crippen LogP contribution in [0.15, 0.2) is 103 Å². The Labute approximate surface area is 390 Å². The molecule has 5 aromatic carbocycles. The lowest BCUT2D eigenvalue weighted by Gasteiger charge is -2.66. The Bertz CT molecular complexity index is 2610. The minimum atomic E-state index is -0.0146. The van der Waals surface area contributed by atoms with E-state index >= 15 is 0 Å². The monoisotopic (exact) mass is 853 g/mol. The van der Waals surface area contributed by atoms with Gasteiger partial charge in [-0.15, -0.1) is 0 Å². The molecule has 0 bridgehead atoms. The van der Waals surface area contributed by atoms with Crippen LogP contribution in [0, 0.1) is 47.3 Å². The topological polar surface area (TPSA) is 6.48 Å². The molecule has 0 radical (unpaired) electrons. The highest BCUT2D eigenvalue weighted by Gasteiger charge is 2.74. The van der Waals surface area contributed by atoms with Gasteiger partial charge in [-0.3, -0.25) is 0 Å². The predicted molar refractivity (Wildman–Crippen MR) is 272 cm³/mol. The molecular formula is C62H69BN2. The van der Waals surface area contributed by atoms with Crippen molar-refractivity contribution in [3.05, 3.63) is 114 Å². The van der Waals surface area contributed by atoms with Crippen molar-refractivity contribution in [2.45, 2.75) is 152 Å². The summed E-state index contributed by atoms with van der Waals surface area (Å²) >= 11 is 0. The van der Waals surface area contributed by atoms with E-state index in [4.69, 9.17) is 0 Å². The first-order chi connectivity index (χ1) is 31.8. The molecule has 2 nitrogen and oxygen atoms in total. The summed E-state index contributed by atoms with van der Waals surface area (Å²) in [5.74, 6) is 6.10. The van der Waals surface area contributed by atoms with Crippen LogP contribution in [0.2, 0.25) is 0 Å². The van der Waals surface area contributed by atoms with Gasteiger partial charge in [-0.2, -0.15) is 0 Å². The molecule has 12 unspecified atom stereocenters. The molecule has 6 saturated carbocycles. The van der Waals surface area contributed by atoms with Gasteiger partial charge in [-0.25, -0.2) is 0 Å². The molecule has 0 spiro atoms. The van der Waals surface area contributed by atoms with E-state index in [1.165, 1.54) is 125 Å². The van der Waals surface area contributed by atoms with E-state index in [0.717, 1.165) is 23.7 Å². The zero-order valence-corrected chi connectivity index (χ0v) is 39.7. The highest BCUT2D eigenvalue weighted by Crippen LogP contribution is 2.75. The van der Waals surface area contributed by atoms with E-state index in [1.54, 1.807) is 50.3 Å². The second-order valence-electron chi connectivity index (χ2n) is 24.3. The van der Waals surface area contributed by atoms with Crippen LogP contribution < -0.4 is 26.2 Å². The van der Waals surface area contributed by atoms with E-state index in [9.17, 15) is 0 Å². The van der Waals surface area contributed by atoms with E-state index in [1.807, 2.05) is 0 Å². The molecule has 15 rings (SSSR count). The summed E-state index contributed by atoms with van der Waals surface area (Å²) in [4.78, 5) is 6.27. The van der Waals surface area contributed by atoms with Crippen molar-refractivity contribution in [1.82, 2.24) is 0 Å². The molecular weight excluding hydrogens is 784 g/mol. The third kappa shape index (κ3) is 4.36. The normalized spacial score (nSPS) is 38.6. The minimum Gasteiger partial charge on any atom is -0.335 e. The third-order valence-corrected chi connectivity index (χ3v) is 22.9. The summed E-state index contributed by atoms with van der Waals surface area (Å²) in [5.41, 5.74) is 20.5. The Morgan fingerprint density at radius 2 is 0.769 bits per heavy atom. The van der Waals surface area contributed by atoms with Gasteiger partial charge in [-0.05, 0) is 174 Å². The van der Waals surface area contributed by atoms with Crippen molar-refractivity contribution < 1.29 is 0 Å². The molecule has 65 heavy (non-hydrogen) atoms. The third-order valence-electron chi connectivity index (χ3n) is 22.9. The summed E-state index contributed by atoms with van der Waals surface area (Å²) in [5, 5.41) is 0. The number of hydrogen-bond acceptors (Lipinski definition) is 2. The summed E-state index contributed by atoms with van der Waals surface area (Å²) < 4.78 is 0. The Morgan fingerprint density at radius 3 is 1.18 bits per heavy atom. The van der Waals surface area contributed by atoms with Crippen molar-refractivity contribution in [3.63, 3.8) is 0 Å². The highest BCUT2D eigenvalue weighted by molar-refractivity contribution is 7.00. The molecule has 5 aromatic rings. The number of anilines is 4. The van der Waals surface area contributed by atoms with E-state index in [2.05, 4.69) is 141 Å². The van der Waals surface area contributed by atoms with E-state index < -0.39 is 0 Å². The van der Waals surface area contributed by atoms with Crippen molar-refractivity contribution in [2.75, 3.05) is 9.80 Å². The fourth-order valence-corrected chi connectivity index (χ4v) is 20.6. The lowest BCUT2D eigenvalue weighted by Crippen LogP contribution is -2.72. The summed E-state index contributed by atoms with van der Waals surface area (Å²) in [6.07, 6.45) is 22.5. The molecule has 3 heteroatoms. The zero-order chi connectivity index (χ0) is 43.2. The average molecular weight is 853 g/mol. The van der Waals surface area contributed by atoms with Gasteiger partial charge in [0.25, 0.3) is 6.71 Å². The molecule has 4 aliphatic heterocycles. The second-order valence-corrected chi connectivity index (χ2v) is 24.3. The maximum Gasteiger partial charge on any atom is 0.252 e. The summed E-state index contributed by atoms with van der Waals surface area (Å²) in [6.45, 7) is 11.6. The van der Waals surface area contributed by atoms with Crippen LogP contribution in [-0.4, -0.2) is 17.8 Å². The van der Waals surface area contributed by atoms with Gasteiger partial charge >= 0.3 is 0 Å². The molecule has 0 aromatic heterocycles. The van der Waals surface area contributed by atoms with Gasteiger partial charge in [-0.1, -0.05) is 156 Å². The van der Waals surface area contributed by atoms with Gasteiger partial charge in [0.05, 0.1) is 11.1 Å². The minimum absolute atomic E-state index is 0.0146. The number of rotatable bonds is 2. The maximum atomic E-state index is 3.14. The lowest BCUT2D eigenvalue weighted by atomic mass is 9.33. The van der Waals surface area contributed by atoms with Crippen LogP contribution in [0.5, 0.6) is 0 Å². The van der Waals surface area contributed by atoms with Crippen molar-refractivity contribution in [2.24, 2.45) is 47.3 Å². The Hall–Kier alpha value is -4.24. The Morgan fingerprint density at radius 1 is 0.400 bits per heavy atom. The number of nitrogens with zero attached hydrogens (tertiary/aromatic N) is 2. The standard InChI is InChI=1S/C62H69BN2/c1-59-46-28-15-11-24-42(46)44-26-13-17-30-48(44)61(59,3)64-52-32-19-33-53-56(52)63(50-36-34-40(54(59)57(50)64)38-20-7-5-8-21-38)51-37-35-41(39-22-9-6-10-23-39)55-58(51)65(53)62(4)49-31-18-14-27-45(49)43-25-12-16-29-47(43)60(55,62)2/h5-10,19-23,32-37,42-49H,11-18,24-31H2,1-4H3. The summed E-state index contributed by atoms with van der Waals surface area (Å²) in [7, 11) is 0. The summed E-state index contributed by atoms with van der Waals surface area (Å²) in [6, 6.07) is 41.8. The van der Waals surface area contributed by atoms with E-state index in [-0.39, 0.29) is 28.6 Å². The fourth-order valence-electron chi connectivity index (χ4n) is 20.6. The first kappa shape index (κ1) is 38.8. The van der Waals surface area contributed by atoms with Gasteiger partial charge in [0.2, 0.25) is 0 Å². The van der Waals surface area contributed by atoms with Crippen LogP contribution >= 0.6 is 0 Å². The molecule has 0 amide bonds. The molecule has 6 fully saturated rings. The predicted octanol–water partition coefficient (Wildman–Crippen LogP) is 13.8. The fraction of sp³-hybridized carbons (Fsp3) is 0.516. The van der Waals surface area contributed by atoms with Gasteiger partial charge in [0.1, 0.15) is 0 Å². The smallest absolute Gasteiger partial charge is 0.252 e. The number of benzene rings is 5. The molecule has 10 aliphatic rings. The SMILES string of the molecule is CC12c3c(-c4ccccc4)ccc4c3N(c3cccc5c3B4c3ccc(-c4ccccc4)c4c3N5C3(C)C5CCCCC5C5CCCCC5C43C)C1(C)C1CCCCC1C1CCCCC12. The van der Waals surface area contributed by atoms with Crippen LogP contribution in [0.1, 0.15) is 142 Å². The van der Waals surface area contributed by atoms with Gasteiger partial charge in [0, 0.05) is 33.6 Å². The molecule has 12 atom stereocenters. The van der Waals surface area contributed by atoms with Crippen molar-refractivity contribution in [3.8, 4) is 22.3 Å². The Kier molecular flexibility index (Phi) is 7.92. The average Bonchev–Trinajstić information content (AvgIpc) is 3.73. The first-order valence-corrected chi connectivity index (χ1v) is 27.0. The van der Waals surface area contributed by atoms with Crippen molar-refractivity contribution >= 4 is 45.9 Å². The first-order valence-electron chi connectivity index (χ1n) is 27.0. The highest BCUT2D eigenvalue weighted by atomic mass is 15.3. The van der Waals surface area contributed by atoms with Crippen LogP contribution in [0.25, 0.3) is 22.3 Å². The van der Waals surface area contributed by atoms with Crippen LogP contribution in [0.3, 0.4) is 0 Å². The van der Waals surface area contributed by atoms with E-state index in [0.29, 0.717) is 23.7 Å².